The van der Waals surface area contributed by atoms with Gasteiger partial charge in [-0.2, -0.15) is 0 Å². The number of rotatable bonds is 1. The summed E-state index contributed by atoms with van der Waals surface area (Å²) in [6.45, 7) is 0. The highest BCUT2D eigenvalue weighted by Crippen LogP contribution is 1.40. The molecule has 0 aromatic carbocycles. The van der Waals surface area contributed by atoms with Crippen LogP contribution in [0.25, 0.3) is 0 Å². The van der Waals surface area contributed by atoms with Crippen LogP contribution in [0.2, 0.25) is 0 Å². The van der Waals surface area contributed by atoms with Crippen LogP contribution in [-0.2, 0) is 4.79 Å². The standard InChI is InChI=1S/C2H3NO2.ClH/c3-1-2(4)5;/h1,3H,(H,4,5);1H. The third-order valence-electron chi connectivity index (χ3n) is 0.123. The lowest BCUT2D eigenvalue weighted by atomic mass is 10.8. The number of nitrogens with one attached hydrogen (secondary N) is 1. The summed E-state index contributed by atoms with van der Waals surface area (Å²) in [7, 11) is 0. The fourth-order valence-corrected chi connectivity index (χ4v) is 0. The molecule has 0 unspecified atom stereocenters. The molecule has 0 radical (unpaired) electrons. The first-order valence-corrected chi connectivity index (χ1v) is 1.01. The Bertz CT molecular complexity index is 62.6. The smallest absolute Gasteiger partial charge is 0.346 e. The van der Waals surface area contributed by atoms with Crippen molar-refractivity contribution in [2.45, 2.75) is 0 Å². The molecule has 2 N–H and O–H groups in total. The van der Waals surface area contributed by atoms with E-state index in [9.17, 15) is 0 Å². The Hall–Kier alpha value is -0.570. The van der Waals surface area contributed by atoms with E-state index in [1.807, 2.05) is 0 Å². The van der Waals surface area contributed by atoms with Gasteiger partial charge < -0.3 is 10.5 Å². The number of carboxylic acid groups (broad SMARTS) is 1. The van der Waals surface area contributed by atoms with Crippen molar-refractivity contribution in [1.29, 1.82) is 5.41 Å². The molecule has 0 aliphatic rings. The van der Waals surface area contributed by atoms with Gasteiger partial charge in [-0.1, -0.05) is 0 Å². The van der Waals surface area contributed by atoms with E-state index in [-0.39, 0.29) is 12.4 Å². The number of carboxylic acids is 1. The lowest BCUT2D eigenvalue weighted by Crippen LogP contribution is -1.91. The van der Waals surface area contributed by atoms with E-state index in [1.165, 1.54) is 0 Å². The molecule has 0 spiro atoms. The molecule has 0 fully saturated rings. The van der Waals surface area contributed by atoms with Gasteiger partial charge in [-0.05, 0) is 0 Å². The first-order valence-electron chi connectivity index (χ1n) is 1.01. The number of hydrogen-bond donors (Lipinski definition) is 2. The normalized spacial score (nSPS) is 5.33. The minimum absolute atomic E-state index is 0. The van der Waals surface area contributed by atoms with E-state index < -0.39 is 5.97 Å². The predicted molar refractivity (Wildman–Crippen MR) is 23.7 cm³/mol. The Morgan fingerprint density at radius 2 is 2.00 bits per heavy atom. The predicted octanol–water partition coefficient (Wildman–Crippen LogP) is 0.142. The Kier molecular flexibility index (Phi) is 6.69. The van der Waals surface area contributed by atoms with Crippen molar-refractivity contribution in [2.75, 3.05) is 0 Å². The Morgan fingerprint density at radius 1 is 1.83 bits per heavy atom. The van der Waals surface area contributed by atoms with Crippen molar-refractivity contribution in [2.24, 2.45) is 0 Å². The summed E-state index contributed by atoms with van der Waals surface area (Å²) in [5.41, 5.74) is 0. The highest BCUT2D eigenvalue weighted by atomic mass is 35.5. The van der Waals surface area contributed by atoms with Gasteiger partial charge in [0.2, 0.25) is 0 Å². The van der Waals surface area contributed by atoms with Gasteiger partial charge in [0.15, 0.2) is 0 Å². The van der Waals surface area contributed by atoms with Crippen LogP contribution in [0.3, 0.4) is 0 Å². The number of hydrogen-bond acceptors (Lipinski definition) is 2. The average Bonchev–Trinajstić information content (AvgIpc) is 1.38. The van der Waals surface area contributed by atoms with Crippen molar-refractivity contribution < 1.29 is 9.90 Å². The van der Waals surface area contributed by atoms with Crippen molar-refractivity contribution in [3.05, 3.63) is 0 Å². The second-order valence-electron chi connectivity index (χ2n) is 0.483. The summed E-state index contributed by atoms with van der Waals surface area (Å²) in [6.07, 6.45) is 0.333. The highest BCUT2D eigenvalue weighted by Gasteiger charge is 1.76. The van der Waals surface area contributed by atoms with Gasteiger partial charge in [-0.3, -0.25) is 0 Å². The van der Waals surface area contributed by atoms with E-state index in [0.29, 0.717) is 6.21 Å². The summed E-state index contributed by atoms with van der Waals surface area (Å²) in [4.78, 5) is 9.12. The van der Waals surface area contributed by atoms with Crippen LogP contribution in [0.1, 0.15) is 0 Å². The maximum absolute atomic E-state index is 9.12. The largest absolute Gasteiger partial charge is 0.477 e. The summed E-state index contributed by atoms with van der Waals surface area (Å²) in [6, 6.07) is 0. The van der Waals surface area contributed by atoms with E-state index in [1.54, 1.807) is 0 Å². The molecule has 0 saturated carbocycles. The van der Waals surface area contributed by atoms with Crippen LogP contribution in [0.5, 0.6) is 0 Å². The Balaban J connectivity index is 0. The van der Waals surface area contributed by atoms with Gasteiger partial charge in [0, 0.05) is 0 Å². The van der Waals surface area contributed by atoms with Crippen molar-refractivity contribution >= 4 is 24.6 Å². The number of carbonyl (C=O) groups is 1. The van der Waals surface area contributed by atoms with Gasteiger partial charge in [-0.25, -0.2) is 4.79 Å². The Morgan fingerprint density at radius 3 is 2.00 bits per heavy atom. The van der Waals surface area contributed by atoms with Gasteiger partial charge in [-0.15, -0.1) is 12.4 Å². The summed E-state index contributed by atoms with van der Waals surface area (Å²) in [5.74, 6) is -1.20. The fraction of sp³-hybridized carbons (Fsp3) is 0. The molecule has 0 saturated heterocycles. The van der Waals surface area contributed by atoms with Crippen LogP contribution in [0.4, 0.5) is 0 Å². The topological polar surface area (TPSA) is 61.2 Å². The molecular formula is C2H4ClNO2. The zero-order valence-electron chi connectivity index (χ0n) is 2.84. The second-order valence-corrected chi connectivity index (χ2v) is 0.483. The molecule has 0 aliphatic carbocycles. The van der Waals surface area contributed by atoms with Crippen LogP contribution >= 0.6 is 12.4 Å². The zero-order valence-corrected chi connectivity index (χ0v) is 3.66. The van der Waals surface area contributed by atoms with E-state index in [2.05, 4.69) is 0 Å². The summed E-state index contributed by atoms with van der Waals surface area (Å²) in [5, 5.41) is 13.4. The third-order valence-corrected chi connectivity index (χ3v) is 0.123. The monoisotopic (exact) mass is 109 g/mol. The molecule has 0 rings (SSSR count). The SMILES string of the molecule is Cl.N=CC(=O)O. The molecular weight excluding hydrogens is 105 g/mol. The molecule has 0 aromatic rings. The number of halogens is 1. The summed E-state index contributed by atoms with van der Waals surface area (Å²) >= 11 is 0. The molecule has 0 atom stereocenters. The van der Waals surface area contributed by atoms with Gasteiger partial charge in [0.1, 0.15) is 6.21 Å². The summed E-state index contributed by atoms with van der Waals surface area (Å²) < 4.78 is 0. The lowest BCUT2D eigenvalue weighted by molar-refractivity contribution is -0.128. The third kappa shape index (κ3) is 9.90. The zero-order chi connectivity index (χ0) is 4.28. The molecule has 3 nitrogen and oxygen atoms in total. The van der Waals surface area contributed by atoms with Gasteiger partial charge >= 0.3 is 5.97 Å². The molecule has 4 heteroatoms. The molecule has 0 aromatic heterocycles. The van der Waals surface area contributed by atoms with Crippen molar-refractivity contribution in [1.82, 2.24) is 0 Å². The molecule has 0 amide bonds. The number of aliphatic carboxylic acids is 1. The van der Waals surface area contributed by atoms with Crippen LogP contribution in [-0.4, -0.2) is 17.3 Å². The maximum atomic E-state index is 9.12. The van der Waals surface area contributed by atoms with Crippen molar-refractivity contribution in [3.63, 3.8) is 0 Å². The molecule has 36 valence electrons. The fourth-order valence-electron chi connectivity index (χ4n) is 0. The molecule has 0 aliphatic heterocycles. The average molecular weight is 110 g/mol. The van der Waals surface area contributed by atoms with E-state index in [4.69, 9.17) is 15.3 Å². The first kappa shape index (κ1) is 9.06. The van der Waals surface area contributed by atoms with Crippen LogP contribution in [0, 0.1) is 5.41 Å². The molecule has 0 bridgehead atoms. The quantitative estimate of drug-likeness (QED) is 0.471. The van der Waals surface area contributed by atoms with Gasteiger partial charge in [0.05, 0.1) is 0 Å². The first-order chi connectivity index (χ1) is 2.27. The minimum atomic E-state index is -1.20. The van der Waals surface area contributed by atoms with E-state index >= 15 is 0 Å². The van der Waals surface area contributed by atoms with Gasteiger partial charge in [0.25, 0.3) is 0 Å². The van der Waals surface area contributed by atoms with Crippen molar-refractivity contribution in [3.8, 4) is 0 Å². The maximum Gasteiger partial charge on any atom is 0.346 e. The Labute approximate surface area is 40.9 Å². The van der Waals surface area contributed by atoms with Crippen LogP contribution in [0.15, 0.2) is 0 Å². The highest BCUT2D eigenvalue weighted by molar-refractivity contribution is 6.20. The molecule has 0 heterocycles. The lowest BCUT2D eigenvalue weighted by Gasteiger charge is -1.63. The van der Waals surface area contributed by atoms with E-state index in [0.717, 1.165) is 0 Å². The molecule has 6 heavy (non-hydrogen) atoms. The van der Waals surface area contributed by atoms with Crippen LogP contribution < -0.4 is 0 Å². The minimum Gasteiger partial charge on any atom is -0.477 e. The second kappa shape index (κ2) is 4.43.